The zero-order chi connectivity index (χ0) is 15.6. The summed E-state index contributed by atoms with van der Waals surface area (Å²) in [5.41, 5.74) is 1.86. The summed E-state index contributed by atoms with van der Waals surface area (Å²) in [6.45, 7) is 3.27. The first-order valence-corrected chi connectivity index (χ1v) is 8.86. The number of piperidine rings is 3. The smallest absolute Gasteiger partial charge is 0.399 e. The molecule has 2 aromatic rings. The normalized spacial score (nSPS) is 26.0. The van der Waals surface area contributed by atoms with Crippen molar-refractivity contribution < 1.29 is 9.53 Å². The number of hydrogen-bond acceptors (Lipinski definition) is 5. The maximum Gasteiger partial charge on any atom is 0.413 e. The number of nitrogens with one attached hydrogen (secondary N) is 1. The Morgan fingerprint density at radius 2 is 2.22 bits per heavy atom. The number of hydrogen-bond donors (Lipinski definition) is 1. The first-order valence-electron chi connectivity index (χ1n) is 7.98. The van der Waals surface area contributed by atoms with Gasteiger partial charge < -0.3 is 15.0 Å². The van der Waals surface area contributed by atoms with Crippen LogP contribution in [-0.4, -0.2) is 41.7 Å². The van der Waals surface area contributed by atoms with E-state index in [4.69, 9.17) is 4.74 Å². The van der Waals surface area contributed by atoms with Crippen LogP contribution in [0.15, 0.2) is 35.8 Å². The van der Waals surface area contributed by atoms with E-state index in [-0.39, 0.29) is 12.1 Å². The summed E-state index contributed by atoms with van der Waals surface area (Å²) in [6.07, 6.45) is 3.76. The van der Waals surface area contributed by atoms with Gasteiger partial charge in [0.25, 0.3) is 0 Å². The Hall–Kier alpha value is -1.92. The van der Waals surface area contributed by atoms with E-state index in [0.717, 1.165) is 30.9 Å². The first-order chi connectivity index (χ1) is 11.3. The summed E-state index contributed by atoms with van der Waals surface area (Å²) in [6, 6.07) is 7.86. The van der Waals surface area contributed by atoms with Crippen molar-refractivity contribution in [2.75, 3.05) is 19.6 Å². The van der Waals surface area contributed by atoms with Gasteiger partial charge in [-0.15, -0.1) is 11.3 Å². The molecule has 1 N–H and O–H groups in total. The topological polar surface area (TPSA) is 54.5 Å². The van der Waals surface area contributed by atoms with Gasteiger partial charge in [0.15, 0.2) is 5.06 Å². The number of thiophene rings is 1. The van der Waals surface area contributed by atoms with Crippen LogP contribution in [0, 0.1) is 5.92 Å². The van der Waals surface area contributed by atoms with E-state index in [2.05, 4.69) is 15.2 Å². The van der Waals surface area contributed by atoms with Crippen molar-refractivity contribution in [1.29, 1.82) is 0 Å². The molecule has 1 amide bonds. The van der Waals surface area contributed by atoms with Gasteiger partial charge in [-0.25, -0.2) is 4.79 Å². The molecule has 1 unspecified atom stereocenters. The van der Waals surface area contributed by atoms with Gasteiger partial charge in [-0.3, -0.25) is 4.98 Å². The highest BCUT2D eigenvalue weighted by Crippen LogP contribution is 2.30. The summed E-state index contributed by atoms with van der Waals surface area (Å²) in [5, 5.41) is 5.59. The average molecular weight is 329 g/mol. The highest BCUT2D eigenvalue weighted by molar-refractivity contribution is 7.12. The van der Waals surface area contributed by atoms with Gasteiger partial charge in [-0.2, -0.15) is 0 Å². The second kappa shape index (κ2) is 6.29. The Labute approximate surface area is 139 Å². The SMILES string of the molecule is O=C(NC1CN2CCC1CC2)Oc1cc(-c2ccccn2)cs1. The Morgan fingerprint density at radius 3 is 2.91 bits per heavy atom. The molecule has 0 aromatic carbocycles. The molecule has 2 aromatic heterocycles. The Bertz CT molecular complexity index is 680. The number of amides is 1. The van der Waals surface area contributed by atoms with Crippen LogP contribution in [0.2, 0.25) is 0 Å². The molecule has 2 bridgehead atoms. The molecule has 0 spiro atoms. The number of nitrogens with zero attached hydrogens (tertiary/aromatic N) is 2. The molecule has 5 heterocycles. The second-order valence-corrected chi connectivity index (χ2v) is 7.02. The van der Waals surface area contributed by atoms with Gasteiger partial charge in [0.05, 0.1) is 5.69 Å². The molecule has 6 heteroatoms. The molecule has 0 saturated carbocycles. The van der Waals surface area contributed by atoms with Crippen molar-refractivity contribution in [2.45, 2.75) is 18.9 Å². The van der Waals surface area contributed by atoms with Crippen LogP contribution in [0.3, 0.4) is 0 Å². The van der Waals surface area contributed by atoms with Crippen molar-refractivity contribution in [3.63, 3.8) is 0 Å². The molecule has 3 saturated heterocycles. The van der Waals surface area contributed by atoms with Crippen LogP contribution in [0.4, 0.5) is 4.79 Å². The third-order valence-corrected chi connectivity index (χ3v) is 5.49. The van der Waals surface area contributed by atoms with E-state index in [1.54, 1.807) is 6.20 Å². The zero-order valence-electron chi connectivity index (χ0n) is 12.8. The highest BCUT2D eigenvalue weighted by atomic mass is 32.1. The number of carbonyl (C=O) groups is 1. The summed E-state index contributed by atoms with van der Waals surface area (Å²) in [5.74, 6) is 0.597. The molecule has 1 atom stereocenters. The zero-order valence-corrected chi connectivity index (χ0v) is 13.6. The number of aromatic nitrogens is 1. The van der Waals surface area contributed by atoms with Crippen LogP contribution in [0.25, 0.3) is 11.3 Å². The average Bonchev–Trinajstić information content (AvgIpc) is 3.05. The summed E-state index contributed by atoms with van der Waals surface area (Å²) in [7, 11) is 0. The Balaban J connectivity index is 1.37. The lowest BCUT2D eigenvalue weighted by Crippen LogP contribution is -2.57. The van der Waals surface area contributed by atoms with Gasteiger partial charge in [-0.05, 0) is 44.0 Å². The van der Waals surface area contributed by atoms with Gasteiger partial charge in [0.1, 0.15) is 0 Å². The molecule has 120 valence electrons. The number of carbonyl (C=O) groups excluding carboxylic acids is 1. The summed E-state index contributed by atoms with van der Waals surface area (Å²) >= 11 is 1.42. The third kappa shape index (κ3) is 3.23. The first kappa shape index (κ1) is 14.7. The van der Waals surface area contributed by atoms with Crippen molar-refractivity contribution in [2.24, 2.45) is 5.92 Å². The highest BCUT2D eigenvalue weighted by Gasteiger charge is 2.35. The lowest BCUT2D eigenvalue weighted by Gasteiger charge is -2.44. The number of fused-ring (bicyclic) bond motifs is 3. The van der Waals surface area contributed by atoms with Gasteiger partial charge in [-0.1, -0.05) is 6.07 Å². The minimum Gasteiger partial charge on any atom is -0.399 e. The van der Waals surface area contributed by atoms with Gasteiger partial charge in [0, 0.05) is 35.8 Å². The molecule has 0 radical (unpaired) electrons. The minimum absolute atomic E-state index is 0.222. The molecule has 5 rings (SSSR count). The molecular weight excluding hydrogens is 310 g/mol. The van der Waals surface area contributed by atoms with E-state index >= 15 is 0 Å². The number of pyridine rings is 1. The molecular formula is C17H19N3O2S. The molecule has 3 aliphatic rings. The molecule has 3 aliphatic heterocycles. The van der Waals surface area contributed by atoms with Crippen molar-refractivity contribution in [3.05, 3.63) is 35.8 Å². The van der Waals surface area contributed by atoms with Gasteiger partial charge >= 0.3 is 6.09 Å². The van der Waals surface area contributed by atoms with Crippen LogP contribution in [0.5, 0.6) is 5.06 Å². The van der Waals surface area contributed by atoms with Crippen LogP contribution in [-0.2, 0) is 0 Å². The van der Waals surface area contributed by atoms with Crippen molar-refractivity contribution >= 4 is 17.4 Å². The summed E-state index contributed by atoms with van der Waals surface area (Å²) in [4.78, 5) is 18.9. The van der Waals surface area contributed by atoms with E-state index in [1.165, 1.54) is 24.2 Å². The molecule has 0 aliphatic carbocycles. The van der Waals surface area contributed by atoms with E-state index in [9.17, 15) is 4.79 Å². The summed E-state index contributed by atoms with van der Waals surface area (Å²) < 4.78 is 5.45. The fourth-order valence-electron chi connectivity index (χ4n) is 3.44. The minimum atomic E-state index is -0.349. The molecule has 3 fully saturated rings. The van der Waals surface area contributed by atoms with Crippen molar-refractivity contribution in [3.8, 4) is 16.3 Å². The fraction of sp³-hybridized carbons (Fsp3) is 0.412. The lowest BCUT2D eigenvalue weighted by molar-refractivity contribution is 0.0726. The van der Waals surface area contributed by atoms with Crippen LogP contribution in [0.1, 0.15) is 12.8 Å². The second-order valence-electron chi connectivity index (χ2n) is 6.15. The molecule has 23 heavy (non-hydrogen) atoms. The predicted octanol–water partition coefficient (Wildman–Crippen LogP) is 2.99. The van der Waals surface area contributed by atoms with Crippen LogP contribution >= 0.6 is 11.3 Å². The van der Waals surface area contributed by atoms with Crippen LogP contribution < -0.4 is 10.1 Å². The Morgan fingerprint density at radius 1 is 1.35 bits per heavy atom. The maximum atomic E-state index is 12.1. The maximum absolute atomic E-state index is 12.1. The third-order valence-electron chi connectivity index (χ3n) is 4.69. The Kier molecular flexibility index (Phi) is 4.01. The predicted molar refractivity (Wildman–Crippen MR) is 89.7 cm³/mol. The lowest BCUT2D eigenvalue weighted by atomic mass is 9.84. The fourth-order valence-corrected chi connectivity index (χ4v) is 4.19. The monoisotopic (exact) mass is 329 g/mol. The van der Waals surface area contributed by atoms with Gasteiger partial charge in [0.2, 0.25) is 0 Å². The van der Waals surface area contributed by atoms with Crippen molar-refractivity contribution in [1.82, 2.24) is 15.2 Å². The number of rotatable bonds is 3. The van der Waals surface area contributed by atoms with E-state index in [1.807, 2.05) is 29.6 Å². The van der Waals surface area contributed by atoms with E-state index < -0.39 is 0 Å². The number of ether oxygens (including phenoxy) is 1. The molecule has 5 nitrogen and oxygen atoms in total. The standard InChI is InChI=1S/C17H19N3O2S/c21-17(19-15-10-20-7-4-12(15)5-8-20)22-16-9-13(11-23-16)14-3-1-2-6-18-14/h1-3,6,9,11-12,15H,4-5,7-8,10H2,(H,19,21). The van der Waals surface area contributed by atoms with E-state index in [0.29, 0.717) is 11.0 Å². The quantitative estimate of drug-likeness (QED) is 0.940. The largest absolute Gasteiger partial charge is 0.413 e.